The number of nitrogens with zero attached hydrogens (tertiary/aromatic N) is 2. The van der Waals surface area contributed by atoms with Crippen LogP contribution < -0.4 is 19.7 Å². The summed E-state index contributed by atoms with van der Waals surface area (Å²) in [5, 5.41) is 2.74. The number of esters is 1. The third-order valence-corrected chi connectivity index (χ3v) is 6.18. The van der Waals surface area contributed by atoms with Crippen LogP contribution in [0.25, 0.3) is 0 Å². The van der Waals surface area contributed by atoms with Crippen molar-refractivity contribution in [1.29, 1.82) is 0 Å². The van der Waals surface area contributed by atoms with Gasteiger partial charge in [0, 0.05) is 12.2 Å². The van der Waals surface area contributed by atoms with E-state index in [4.69, 9.17) is 14.2 Å². The first kappa shape index (κ1) is 24.8. The predicted octanol–water partition coefficient (Wildman–Crippen LogP) is 3.96. The molecule has 0 saturated carbocycles. The summed E-state index contributed by atoms with van der Waals surface area (Å²) in [5.74, 6) is -0.240. The van der Waals surface area contributed by atoms with Crippen LogP contribution in [0.4, 0.5) is 16.2 Å². The second-order valence-electron chi connectivity index (χ2n) is 8.67. The van der Waals surface area contributed by atoms with Crippen molar-refractivity contribution < 1.29 is 33.4 Å². The third kappa shape index (κ3) is 5.01. The lowest BCUT2D eigenvalue weighted by molar-refractivity contribution is -0.124. The Morgan fingerprint density at radius 1 is 0.974 bits per heavy atom. The molecule has 0 radical (unpaired) electrons. The summed E-state index contributed by atoms with van der Waals surface area (Å²) in [6, 6.07) is 18.6. The number of carbonyl (C=O) groups excluding carboxylic acids is 4. The molecule has 10 heteroatoms. The van der Waals surface area contributed by atoms with Gasteiger partial charge in [-0.3, -0.25) is 9.59 Å². The van der Waals surface area contributed by atoms with Gasteiger partial charge in [-0.25, -0.2) is 14.5 Å². The van der Waals surface area contributed by atoms with E-state index in [1.165, 1.54) is 4.90 Å². The summed E-state index contributed by atoms with van der Waals surface area (Å²) in [5.41, 5.74) is 1.96. The van der Waals surface area contributed by atoms with Gasteiger partial charge in [-0.05, 0) is 61.0 Å². The Hall–Kier alpha value is -4.86. The second kappa shape index (κ2) is 10.6. The molecule has 0 spiro atoms. The molecule has 0 aliphatic carbocycles. The minimum Gasteiger partial charge on any atom is -0.462 e. The lowest BCUT2D eigenvalue weighted by Crippen LogP contribution is -2.37. The van der Waals surface area contributed by atoms with Gasteiger partial charge in [-0.1, -0.05) is 24.3 Å². The zero-order chi connectivity index (χ0) is 26.6. The molecule has 1 fully saturated rings. The Morgan fingerprint density at radius 3 is 2.45 bits per heavy atom. The molecule has 194 valence electrons. The largest absolute Gasteiger partial charge is 0.462 e. The van der Waals surface area contributed by atoms with Crippen LogP contribution in [0.2, 0.25) is 0 Å². The average molecular weight is 516 g/mol. The monoisotopic (exact) mass is 515 g/mol. The zero-order valence-electron chi connectivity index (χ0n) is 20.6. The molecule has 4 amide bonds. The molecule has 38 heavy (non-hydrogen) atoms. The lowest BCUT2D eigenvalue weighted by atomic mass is 10.1. The number of ether oxygens (including phenoxy) is 3. The van der Waals surface area contributed by atoms with Crippen molar-refractivity contribution in [3.05, 3.63) is 83.9 Å². The number of benzene rings is 3. The highest BCUT2D eigenvalue weighted by Gasteiger charge is 2.46. The molecule has 0 bridgehead atoms. The number of hydrogen-bond acceptors (Lipinski definition) is 7. The fourth-order valence-electron chi connectivity index (χ4n) is 4.36. The smallest absolute Gasteiger partial charge is 0.338 e. The van der Waals surface area contributed by atoms with E-state index in [0.29, 0.717) is 28.4 Å². The molecule has 2 aliphatic rings. The maximum atomic E-state index is 13.5. The lowest BCUT2D eigenvalue weighted by Gasteiger charge is -2.22. The highest BCUT2D eigenvalue weighted by atomic mass is 16.7. The summed E-state index contributed by atoms with van der Waals surface area (Å²) < 4.78 is 15.8. The van der Waals surface area contributed by atoms with Crippen molar-refractivity contribution in [2.75, 3.05) is 23.6 Å². The van der Waals surface area contributed by atoms with Gasteiger partial charge in [0.05, 0.1) is 24.3 Å². The van der Waals surface area contributed by atoms with Crippen molar-refractivity contribution in [3.8, 4) is 11.5 Å². The normalized spacial score (nSPS) is 16.1. The van der Waals surface area contributed by atoms with Gasteiger partial charge < -0.3 is 24.4 Å². The van der Waals surface area contributed by atoms with E-state index in [0.717, 1.165) is 10.5 Å². The SMILES string of the molecule is CCOC(=O)c1ccc(NC(=O)CC2C(=O)N(c3ccccc3)C(=O)N2Cc2ccc3c(c2)OCO3)cc1. The summed E-state index contributed by atoms with van der Waals surface area (Å²) in [6.07, 6.45) is -0.252. The fourth-order valence-corrected chi connectivity index (χ4v) is 4.36. The number of nitrogens with one attached hydrogen (secondary N) is 1. The van der Waals surface area contributed by atoms with Crippen LogP contribution in [0.5, 0.6) is 11.5 Å². The van der Waals surface area contributed by atoms with Gasteiger partial charge in [0.25, 0.3) is 5.91 Å². The number of fused-ring (bicyclic) bond motifs is 1. The van der Waals surface area contributed by atoms with Crippen LogP contribution in [0.3, 0.4) is 0 Å². The van der Waals surface area contributed by atoms with E-state index in [2.05, 4.69) is 5.32 Å². The standard InChI is InChI=1S/C28H25N3O7/c1-2-36-27(34)19-9-11-20(12-10-19)29-25(32)15-22-26(33)31(21-6-4-3-5-7-21)28(35)30(22)16-18-8-13-23-24(14-18)38-17-37-23/h3-14,22H,2,15-17H2,1H3,(H,29,32). The Morgan fingerprint density at radius 2 is 1.71 bits per heavy atom. The summed E-state index contributed by atoms with van der Waals surface area (Å²) in [4.78, 5) is 54.3. The first-order valence-corrected chi connectivity index (χ1v) is 12.1. The second-order valence-corrected chi connectivity index (χ2v) is 8.67. The fraction of sp³-hybridized carbons (Fsp3) is 0.214. The minimum absolute atomic E-state index is 0.0940. The maximum absolute atomic E-state index is 13.5. The molecule has 1 N–H and O–H groups in total. The summed E-state index contributed by atoms with van der Waals surface area (Å²) >= 11 is 0. The van der Waals surface area contributed by atoms with E-state index in [9.17, 15) is 19.2 Å². The van der Waals surface area contributed by atoms with Gasteiger partial charge in [0.1, 0.15) is 6.04 Å². The molecule has 3 aromatic rings. The molecule has 5 rings (SSSR count). The highest BCUT2D eigenvalue weighted by Crippen LogP contribution is 2.34. The molecule has 10 nitrogen and oxygen atoms in total. The molecule has 1 atom stereocenters. The first-order chi connectivity index (χ1) is 18.4. The molecule has 2 aliphatic heterocycles. The van der Waals surface area contributed by atoms with E-state index in [1.54, 1.807) is 79.7 Å². The third-order valence-electron chi connectivity index (χ3n) is 6.18. The number of amides is 4. The number of hydrogen-bond donors (Lipinski definition) is 1. The van der Waals surface area contributed by atoms with Crippen LogP contribution >= 0.6 is 0 Å². The average Bonchev–Trinajstić information content (AvgIpc) is 3.47. The van der Waals surface area contributed by atoms with E-state index < -0.39 is 29.9 Å². The number of carbonyl (C=O) groups is 4. The first-order valence-electron chi connectivity index (χ1n) is 12.1. The quantitative estimate of drug-likeness (QED) is 0.357. The van der Waals surface area contributed by atoms with E-state index in [1.807, 2.05) is 0 Å². The maximum Gasteiger partial charge on any atom is 0.338 e. The number of anilines is 2. The van der Waals surface area contributed by atoms with E-state index >= 15 is 0 Å². The summed E-state index contributed by atoms with van der Waals surface area (Å²) in [7, 11) is 0. The summed E-state index contributed by atoms with van der Waals surface area (Å²) in [6.45, 7) is 2.19. The highest BCUT2D eigenvalue weighted by molar-refractivity contribution is 6.22. The number of rotatable bonds is 8. The zero-order valence-corrected chi connectivity index (χ0v) is 20.6. The minimum atomic E-state index is -1.02. The van der Waals surface area contributed by atoms with Crippen molar-refractivity contribution in [1.82, 2.24) is 4.90 Å². The molecule has 3 aromatic carbocycles. The van der Waals surface area contributed by atoms with Gasteiger partial charge in [-0.2, -0.15) is 0 Å². The van der Waals surface area contributed by atoms with Crippen LogP contribution in [0.15, 0.2) is 72.8 Å². The Bertz CT molecular complexity index is 1370. The molecular formula is C28H25N3O7. The molecule has 2 heterocycles. The molecular weight excluding hydrogens is 490 g/mol. The van der Waals surface area contributed by atoms with Gasteiger partial charge >= 0.3 is 12.0 Å². The van der Waals surface area contributed by atoms with Gasteiger partial charge in [-0.15, -0.1) is 0 Å². The number of imide groups is 1. The molecule has 1 unspecified atom stereocenters. The number of urea groups is 1. The van der Waals surface area contributed by atoms with E-state index in [-0.39, 0.29) is 26.4 Å². The van der Waals surface area contributed by atoms with Crippen molar-refractivity contribution in [2.45, 2.75) is 25.9 Å². The van der Waals surface area contributed by atoms with Gasteiger partial charge in [0.2, 0.25) is 12.7 Å². The van der Waals surface area contributed by atoms with Crippen molar-refractivity contribution in [3.63, 3.8) is 0 Å². The Balaban J connectivity index is 1.35. The van der Waals surface area contributed by atoms with Crippen LogP contribution in [-0.2, 0) is 20.9 Å². The van der Waals surface area contributed by atoms with Crippen LogP contribution in [0.1, 0.15) is 29.3 Å². The molecule has 0 aromatic heterocycles. The topological polar surface area (TPSA) is 114 Å². The Kier molecular flexibility index (Phi) is 6.94. The Labute approximate surface area is 218 Å². The van der Waals surface area contributed by atoms with Crippen LogP contribution in [-0.4, -0.2) is 48.2 Å². The van der Waals surface area contributed by atoms with Crippen molar-refractivity contribution >= 4 is 35.2 Å². The van der Waals surface area contributed by atoms with Gasteiger partial charge in [0.15, 0.2) is 11.5 Å². The van der Waals surface area contributed by atoms with Crippen molar-refractivity contribution in [2.24, 2.45) is 0 Å². The van der Waals surface area contributed by atoms with Crippen LogP contribution in [0, 0.1) is 0 Å². The number of para-hydroxylation sites is 1. The predicted molar refractivity (Wildman–Crippen MR) is 137 cm³/mol. The molecule has 1 saturated heterocycles.